The highest BCUT2D eigenvalue weighted by Gasteiger charge is 2.02. The molecule has 0 aromatic heterocycles. The van der Waals surface area contributed by atoms with Crippen molar-refractivity contribution < 1.29 is 5.11 Å². The zero-order valence-corrected chi connectivity index (χ0v) is 9.45. The predicted molar refractivity (Wildman–Crippen MR) is 65.1 cm³/mol. The number of hydrogen-bond acceptors (Lipinski definition) is 2. The van der Waals surface area contributed by atoms with Crippen LogP contribution in [0.15, 0.2) is 30.3 Å². The molecule has 0 heterocycles. The van der Waals surface area contributed by atoms with E-state index in [2.05, 4.69) is 12.2 Å². The Morgan fingerprint density at radius 3 is 2.60 bits per heavy atom. The first-order valence-electron chi connectivity index (χ1n) is 5.80. The van der Waals surface area contributed by atoms with E-state index in [-0.39, 0.29) is 6.10 Å². The van der Waals surface area contributed by atoms with Crippen LogP contribution in [0, 0.1) is 0 Å². The highest BCUT2D eigenvalue weighted by Crippen LogP contribution is 2.07. The predicted octanol–water partition coefficient (Wildman–Crippen LogP) is 3.04. The molecule has 2 nitrogen and oxygen atoms in total. The Kier molecular flexibility index (Phi) is 5.86. The molecule has 2 N–H and O–H groups in total. The molecule has 0 fully saturated rings. The van der Waals surface area contributed by atoms with Crippen LogP contribution in [0.3, 0.4) is 0 Å². The number of hydrogen-bond donors (Lipinski definition) is 2. The van der Waals surface area contributed by atoms with Crippen molar-refractivity contribution in [3.8, 4) is 0 Å². The van der Waals surface area contributed by atoms with Crippen LogP contribution in [0.4, 0.5) is 5.69 Å². The smallest absolute Gasteiger partial charge is 0.0712 e. The molecule has 84 valence electrons. The summed E-state index contributed by atoms with van der Waals surface area (Å²) in [4.78, 5) is 0. The van der Waals surface area contributed by atoms with Crippen LogP contribution in [0.2, 0.25) is 0 Å². The number of benzene rings is 1. The summed E-state index contributed by atoms with van der Waals surface area (Å²) in [7, 11) is 0. The molecular formula is C13H21NO. The van der Waals surface area contributed by atoms with Crippen molar-refractivity contribution in [3.05, 3.63) is 30.3 Å². The molecule has 0 saturated heterocycles. The summed E-state index contributed by atoms with van der Waals surface area (Å²) in [5.41, 5.74) is 1.08. The molecule has 0 radical (unpaired) electrons. The Bertz CT molecular complexity index is 248. The van der Waals surface area contributed by atoms with Gasteiger partial charge in [0.25, 0.3) is 0 Å². The van der Waals surface area contributed by atoms with Crippen molar-refractivity contribution in [1.82, 2.24) is 0 Å². The molecule has 0 aliphatic heterocycles. The van der Waals surface area contributed by atoms with Crippen molar-refractivity contribution >= 4 is 5.69 Å². The standard InChI is InChI=1S/C13H21NO/c1-2-3-5-10-13(15)11-14-12-8-6-4-7-9-12/h4,6-9,13-15H,2-3,5,10-11H2,1H3. The molecule has 15 heavy (non-hydrogen) atoms. The molecule has 1 aromatic carbocycles. The van der Waals surface area contributed by atoms with Crippen LogP contribution in [-0.2, 0) is 0 Å². The van der Waals surface area contributed by atoms with E-state index in [1.807, 2.05) is 30.3 Å². The largest absolute Gasteiger partial charge is 0.391 e. The normalized spacial score (nSPS) is 12.4. The second kappa shape index (κ2) is 7.30. The summed E-state index contributed by atoms with van der Waals surface area (Å²) < 4.78 is 0. The summed E-state index contributed by atoms with van der Waals surface area (Å²) in [6, 6.07) is 10.00. The number of anilines is 1. The monoisotopic (exact) mass is 207 g/mol. The molecule has 0 saturated carbocycles. The van der Waals surface area contributed by atoms with Crippen molar-refractivity contribution in [2.24, 2.45) is 0 Å². The highest BCUT2D eigenvalue weighted by atomic mass is 16.3. The molecular weight excluding hydrogens is 186 g/mol. The SMILES string of the molecule is CCCCCC(O)CNc1ccccc1. The lowest BCUT2D eigenvalue weighted by Gasteiger charge is -2.12. The van der Waals surface area contributed by atoms with E-state index in [1.165, 1.54) is 12.8 Å². The molecule has 1 atom stereocenters. The minimum Gasteiger partial charge on any atom is -0.391 e. The lowest BCUT2D eigenvalue weighted by molar-refractivity contribution is 0.173. The first kappa shape index (κ1) is 12.1. The third kappa shape index (κ3) is 5.43. The van der Waals surface area contributed by atoms with E-state index in [9.17, 15) is 5.11 Å². The Balaban J connectivity index is 2.14. The van der Waals surface area contributed by atoms with E-state index >= 15 is 0 Å². The first-order valence-corrected chi connectivity index (χ1v) is 5.80. The van der Waals surface area contributed by atoms with E-state index in [0.717, 1.165) is 18.5 Å². The summed E-state index contributed by atoms with van der Waals surface area (Å²) in [5.74, 6) is 0. The zero-order chi connectivity index (χ0) is 10.9. The average molecular weight is 207 g/mol. The summed E-state index contributed by atoms with van der Waals surface area (Å²) >= 11 is 0. The second-order valence-corrected chi connectivity index (χ2v) is 3.90. The fraction of sp³-hybridized carbons (Fsp3) is 0.538. The number of unbranched alkanes of at least 4 members (excludes halogenated alkanes) is 2. The number of rotatable bonds is 7. The third-order valence-corrected chi connectivity index (χ3v) is 2.46. The Morgan fingerprint density at radius 1 is 1.20 bits per heavy atom. The molecule has 0 bridgehead atoms. The Hall–Kier alpha value is -1.02. The maximum Gasteiger partial charge on any atom is 0.0712 e. The minimum atomic E-state index is -0.225. The Morgan fingerprint density at radius 2 is 1.93 bits per heavy atom. The maximum absolute atomic E-state index is 9.67. The summed E-state index contributed by atoms with van der Waals surface area (Å²) in [5, 5.41) is 12.9. The number of aliphatic hydroxyl groups excluding tert-OH is 1. The van der Waals surface area contributed by atoms with Crippen LogP contribution < -0.4 is 5.32 Å². The molecule has 0 amide bonds. The number of para-hydroxylation sites is 1. The zero-order valence-electron chi connectivity index (χ0n) is 9.45. The van der Waals surface area contributed by atoms with Gasteiger partial charge in [-0.15, -0.1) is 0 Å². The van der Waals surface area contributed by atoms with Gasteiger partial charge >= 0.3 is 0 Å². The fourth-order valence-corrected chi connectivity index (χ4v) is 1.52. The van der Waals surface area contributed by atoms with Gasteiger partial charge in [0.15, 0.2) is 0 Å². The van der Waals surface area contributed by atoms with Crippen LogP contribution in [0.5, 0.6) is 0 Å². The van der Waals surface area contributed by atoms with Gasteiger partial charge in [-0.25, -0.2) is 0 Å². The molecule has 0 spiro atoms. The van der Waals surface area contributed by atoms with Gasteiger partial charge in [0.2, 0.25) is 0 Å². The van der Waals surface area contributed by atoms with E-state index in [1.54, 1.807) is 0 Å². The fourth-order valence-electron chi connectivity index (χ4n) is 1.52. The summed E-state index contributed by atoms with van der Waals surface area (Å²) in [6.45, 7) is 2.82. The molecule has 1 aromatic rings. The molecule has 0 aliphatic carbocycles. The molecule has 0 aliphatic rings. The first-order chi connectivity index (χ1) is 7.33. The number of aliphatic hydroxyl groups is 1. The number of nitrogens with one attached hydrogen (secondary N) is 1. The van der Waals surface area contributed by atoms with Crippen molar-refractivity contribution in [2.45, 2.75) is 38.7 Å². The van der Waals surface area contributed by atoms with Crippen LogP contribution in [0.25, 0.3) is 0 Å². The van der Waals surface area contributed by atoms with Crippen molar-refractivity contribution in [1.29, 1.82) is 0 Å². The highest BCUT2D eigenvalue weighted by molar-refractivity contribution is 5.42. The van der Waals surface area contributed by atoms with E-state index in [4.69, 9.17) is 0 Å². The third-order valence-electron chi connectivity index (χ3n) is 2.46. The lowest BCUT2D eigenvalue weighted by atomic mass is 10.1. The molecule has 1 rings (SSSR count). The van der Waals surface area contributed by atoms with Gasteiger partial charge in [-0.05, 0) is 18.6 Å². The molecule has 2 heteroatoms. The van der Waals surface area contributed by atoms with Crippen LogP contribution in [0.1, 0.15) is 32.6 Å². The van der Waals surface area contributed by atoms with Gasteiger partial charge in [-0.1, -0.05) is 44.4 Å². The van der Waals surface area contributed by atoms with Gasteiger partial charge in [0, 0.05) is 12.2 Å². The quantitative estimate of drug-likeness (QED) is 0.674. The van der Waals surface area contributed by atoms with Gasteiger partial charge in [0.1, 0.15) is 0 Å². The van der Waals surface area contributed by atoms with Crippen molar-refractivity contribution in [2.75, 3.05) is 11.9 Å². The van der Waals surface area contributed by atoms with Crippen LogP contribution >= 0.6 is 0 Å². The van der Waals surface area contributed by atoms with Gasteiger partial charge in [-0.2, -0.15) is 0 Å². The maximum atomic E-state index is 9.67. The average Bonchev–Trinajstić information content (AvgIpc) is 2.28. The van der Waals surface area contributed by atoms with Gasteiger partial charge < -0.3 is 10.4 Å². The topological polar surface area (TPSA) is 32.3 Å². The molecule has 1 unspecified atom stereocenters. The van der Waals surface area contributed by atoms with Crippen LogP contribution in [-0.4, -0.2) is 17.8 Å². The summed E-state index contributed by atoms with van der Waals surface area (Å²) in [6.07, 6.45) is 4.21. The lowest BCUT2D eigenvalue weighted by Crippen LogP contribution is -2.19. The van der Waals surface area contributed by atoms with Gasteiger partial charge in [-0.3, -0.25) is 0 Å². The minimum absolute atomic E-state index is 0.225. The van der Waals surface area contributed by atoms with Crippen molar-refractivity contribution in [3.63, 3.8) is 0 Å². The second-order valence-electron chi connectivity index (χ2n) is 3.90. The van der Waals surface area contributed by atoms with Gasteiger partial charge in [0.05, 0.1) is 6.10 Å². The van der Waals surface area contributed by atoms with E-state index in [0.29, 0.717) is 6.54 Å². The Labute approximate surface area is 92.3 Å². The van der Waals surface area contributed by atoms with E-state index < -0.39 is 0 Å².